The van der Waals surface area contributed by atoms with Crippen molar-refractivity contribution in [2.24, 2.45) is 0 Å². The van der Waals surface area contributed by atoms with E-state index >= 15 is 0 Å². The van der Waals surface area contributed by atoms with Gasteiger partial charge < -0.3 is 26.0 Å². The third-order valence-corrected chi connectivity index (χ3v) is 7.17. The lowest BCUT2D eigenvalue weighted by Gasteiger charge is -2.44. The number of nitrogens with one attached hydrogen (secondary N) is 3. The molecule has 1 amide bonds. The first-order chi connectivity index (χ1) is 18.3. The summed E-state index contributed by atoms with van der Waals surface area (Å²) in [6.07, 6.45) is 4.55. The second kappa shape index (κ2) is 10.2. The Morgan fingerprint density at radius 2 is 1.97 bits per heavy atom. The van der Waals surface area contributed by atoms with Crippen molar-refractivity contribution in [3.8, 4) is 5.75 Å². The molecule has 3 aromatic rings. The zero-order valence-corrected chi connectivity index (χ0v) is 21.1. The number of aromatic nitrogens is 2. The number of ether oxygens (including phenoxy) is 1. The summed E-state index contributed by atoms with van der Waals surface area (Å²) in [4.78, 5) is 23.8. The minimum absolute atomic E-state index is 0.0104. The Hall–Kier alpha value is -4.28. The maximum absolute atomic E-state index is 14.4. The van der Waals surface area contributed by atoms with Crippen molar-refractivity contribution in [1.29, 1.82) is 5.41 Å². The lowest BCUT2D eigenvalue weighted by Crippen LogP contribution is -2.59. The van der Waals surface area contributed by atoms with E-state index in [1.165, 1.54) is 37.7 Å². The van der Waals surface area contributed by atoms with Crippen molar-refractivity contribution in [2.45, 2.75) is 50.9 Å². The van der Waals surface area contributed by atoms with E-state index in [1.807, 2.05) is 6.92 Å². The molecule has 11 heteroatoms. The largest absolute Gasteiger partial charge is 0.494 e. The molecular weight excluding hydrogens is 492 g/mol. The summed E-state index contributed by atoms with van der Waals surface area (Å²) in [6.45, 7) is 1.89. The Morgan fingerprint density at radius 1 is 1.21 bits per heavy atom. The molecule has 0 saturated heterocycles. The van der Waals surface area contributed by atoms with E-state index < -0.39 is 23.8 Å². The molecule has 9 nitrogen and oxygen atoms in total. The molecule has 5 N–H and O–H groups in total. The molecule has 2 unspecified atom stereocenters. The van der Waals surface area contributed by atoms with Gasteiger partial charge in [-0.05, 0) is 56.2 Å². The number of methoxy groups -OCH3 is 1. The number of amides is 1. The van der Waals surface area contributed by atoms with Gasteiger partial charge in [-0.15, -0.1) is 0 Å². The molecule has 1 aliphatic carbocycles. The second-order valence-corrected chi connectivity index (χ2v) is 9.57. The molecule has 0 spiro atoms. The third kappa shape index (κ3) is 4.59. The van der Waals surface area contributed by atoms with Gasteiger partial charge in [0.05, 0.1) is 30.0 Å². The highest BCUT2D eigenvalue weighted by Gasteiger charge is 2.40. The fraction of sp³-hybridized carbons (Fsp3) is 0.333. The molecule has 2 atom stereocenters. The predicted octanol–water partition coefficient (Wildman–Crippen LogP) is 4.40. The fourth-order valence-corrected chi connectivity index (χ4v) is 5.27. The minimum atomic E-state index is -0.611. The number of benzene rings is 2. The number of anilines is 3. The van der Waals surface area contributed by atoms with Crippen molar-refractivity contribution in [1.82, 2.24) is 14.9 Å². The van der Waals surface area contributed by atoms with Gasteiger partial charge in [0.15, 0.2) is 11.6 Å². The van der Waals surface area contributed by atoms with E-state index in [2.05, 4.69) is 20.6 Å². The Morgan fingerprint density at radius 3 is 2.68 bits per heavy atom. The quantitative estimate of drug-likeness (QED) is 0.339. The number of hydrogen-bond donors (Lipinski definition) is 4. The van der Waals surface area contributed by atoms with Crippen LogP contribution in [0.25, 0.3) is 0 Å². The zero-order valence-electron chi connectivity index (χ0n) is 21.1. The van der Waals surface area contributed by atoms with Gasteiger partial charge in [0.25, 0.3) is 5.91 Å². The van der Waals surface area contributed by atoms with Crippen molar-refractivity contribution in [3.05, 3.63) is 71.1 Å². The summed E-state index contributed by atoms with van der Waals surface area (Å²) in [5.74, 6) is -0.919. The van der Waals surface area contributed by atoms with E-state index in [0.29, 0.717) is 11.3 Å². The molecule has 1 aliphatic heterocycles. The maximum Gasteiger partial charge on any atom is 0.258 e. The molecule has 1 fully saturated rings. The van der Waals surface area contributed by atoms with Crippen molar-refractivity contribution in [3.63, 3.8) is 0 Å². The topological polar surface area (TPSA) is 129 Å². The van der Waals surface area contributed by atoms with Gasteiger partial charge in [-0.1, -0.05) is 12.8 Å². The van der Waals surface area contributed by atoms with Gasteiger partial charge in [0.1, 0.15) is 29.9 Å². The summed E-state index contributed by atoms with van der Waals surface area (Å²) in [5.41, 5.74) is 7.43. The van der Waals surface area contributed by atoms with Crippen molar-refractivity contribution < 1.29 is 18.3 Å². The van der Waals surface area contributed by atoms with Crippen LogP contribution in [0.2, 0.25) is 0 Å². The van der Waals surface area contributed by atoms with Crippen LogP contribution < -0.4 is 21.1 Å². The Labute approximate surface area is 218 Å². The summed E-state index contributed by atoms with van der Waals surface area (Å²) in [6, 6.07) is 7.94. The van der Waals surface area contributed by atoms with Crippen LogP contribution in [0.4, 0.5) is 26.1 Å². The third-order valence-electron chi connectivity index (χ3n) is 7.17. The summed E-state index contributed by atoms with van der Waals surface area (Å²) >= 11 is 0. The molecule has 0 radical (unpaired) electrons. The monoisotopic (exact) mass is 521 g/mol. The number of nitrogen functional groups attached to an aromatic ring is 1. The smallest absolute Gasteiger partial charge is 0.258 e. The molecule has 1 aromatic heterocycles. The van der Waals surface area contributed by atoms with Gasteiger partial charge in [0.2, 0.25) is 0 Å². The Bertz CT molecular complexity index is 1390. The van der Waals surface area contributed by atoms with Gasteiger partial charge in [-0.2, -0.15) is 0 Å². The van der Waals surface area contributed by atoms with Crippen LogP contribution in [0.5, 0.6) is 5.75 Å². The Kier molecular flexibility index (Phi) is 6.83. The molecular formula is C27H29F2N7O2. The Balaban J connectivity index is 1.48. The highest BCUT2D eigenvalue weighted by atomic mass is 19.1. The number of hydrogen-bond acceptors (Lipinski definition) is 8. The molecule has 5 rings (SSSR count). The predicted molar refractivity (Wildman–Crippen MR) is 141 cm³/mol. The minimum Gasteiger partial charge on any atom is -0.494 e. The van der Waals surface area contributed by atoms with Gasteiger partial charge in [0, 0.05) is 17.3 Å². The number of fused-ring (bicyclic) bond motifs is 1. The summed E-state index contributed by atoms with van der Waals surface area (Å²) in [5, 5.41) is 15.5. The number of carbonyl (C=O) groups excluding carboxylic acids is 1. The van der Waals surface area contributed by atoms with Crippen LogP contribution in [-0.4, -0.2) is 51.8 Å². The number of rotatable bonds is 7. The van der Waals surface area contributed by atoms with Crippen LogP contribution >= 0.6 is 0 Å². The molecule has 2 aliphatic rings. The van der Waals surface area contributed by atoms with Crippen LogP contribution in [0.1, 0.15) is 54.1 Å². The molecule has 198 valence electrons. The zero-order chi connectivity index (χ0) is 27.0. The second-order valence-electron chi connectivity index (χ2n) is 9.57. The van der Waals surface area contributed by atoms with Crippen LogP contribution in [-0.2, 0) is 0 Å². The molecule has 1 saturated carbocycles. The van der Waals surface area contributed by atoms with E-state index in [1.54, 1.807) is 17.0 Å². The summed E-state index contributed by atoms with van der Waals surface area (Å²) < 4.78 is 33.4. The van der Waals surface area contributed by atoms with Crippen molar-refractivity contribution in [2.75, 3.05) is 23.5 Å². The number of carbonyl (C=O) groups is 1. The number of halogens is 2. The average molecular weight is 522 g/mol. The van der Waals surface area contributed by atoms with Crippen LogP contribution in [0, 0.1) is 17.0 Å². The van der Waals surface area contributed by atoms with E-state index in [-0.39, 0.29) is 46.2 Å². The highest BCUT2D eigenvalue weighted by molar-refractivity contribution is 6.16. The SMILES string of the molecule is COc1ccc(C(=N)c2c(N)ncnc2NC(C)C2Nc3ccc(F)cc3C(=O)N2C2CCCC2)cc1F. The fourth-order valence-electron chi connectivity index (χ4n) is 5.27. The number of nitrogens with two attached hydrogens (primary N) is 1. The van der Waals surface area contributed by atoms with E-state index in [0.717, 1.165) is 25.7 Å². The highest BCUT2D eigenvalue weighted by Crippen LogP contribution is 2.35. The maximum atomic E-state index is 14.4. The van der Waals surface area contributed by atoms with Crippen LogP contribution in [0.3, 0.4) is 0 Å². The first-order valence-electron chi connectivity index (χ1n) is 12.5. The molecule has 38 heavy (non-hydrogen) atoms. The van der Waals surface area contributed by atoms with Gasteiger partial charge >= 0.3 is 0 Å². The van der Waals surface area contributed by atoms with Crippen molar-refractivity contribution >= 4 is 28.9 Å². The first kappa shape index (κ1) is 25.4. The molecule has 0 bridgehead atoms. The average Bonchev–Trinajstić information content (AvgIpc) is 3.43. The molecule has 2 aromatic carbocycles. The molecule has 2 heterocycles. The number of nitrogens with zero attached hydrogens (tertiary/aromatic N) is 3. The normalized spacial score (nSPS) is 18.1. The first-order valence-corrected chi connectivity index (χ1v) is 12.5. The standard InChI is InChI=1S/C27H29F2N7O2/c1-14(26-35-20-9-8-16(28)12-18(20)27(37)36(26)17-5-3-4-6-17)34-25-22(24(31)32-13-33-25)23(30)15-7-10-21(38-2)19(29)11-15/h7-14,17,26,30,35H,3-6H2,1-2H3,(H3,31,32,33,34). The van der Waals surface area contributed by atoms with E-state index in [9.17, 15) is 13.6 Å². The summed E-state index contributed by atoms with van der Waals surface area (Å²) in [7, 11) is 1.36. The van der Waals surface area contributed by atoms with E-state index in [4.69, 9.17) is 15.9 Å². The van der Waals surface area contributed by atoms with Gasteiger partial charge in [-0.25, -0.2) is 18.7 Å². The van der Waals surface area contributed by atoms with Gasteiger partial charge in [-0.3, -0.25) is 10.2 Å². The lowest BCUT2D eigenvalue weighted by molar-refractivity contribution is 0.0568. The van der Waals surface area contributed by atoms with Crippen LogP contribution in [0.15, 0.2) is 42.7 Å². The lowest BCUT2D eigenvalue weighted by atomic mass is 10.00.